The number of hydrogen-bond donors (Lipinski definition) is 0. The number of nitrogens with zero attached hydrogens (tertiary/aromatic N) is 2. The van der Waals surface area contributed by atoms with E-state index in [1.807, 2.05) is 0 Å². The zero-order valence-corrected chi connectivity index (χ0v) is 4.62. The molecule has 0 spiro atoms. The molecule has 0 saturated carbocycles. The molecule has 0 aliphatic heterocycles. The molecule has 0 aromatic rings. The van der Waals surface area contributed by atoms with Gasteiger partial charge < -0.3 is 0 Å². The van der Waals surface area contributed by atoms with Crippen molar-refractivity contribution in [3.8, 4) is 0 Å². The Hall–Kier alpha value is -0.577. The van der Waals surface area contributed by atoms with E-state index in [-0.39, 0.29) is 19.5 Å². The standard InChI is InChI=1S/N2O4.Ru/c3-1-6-2(4)5;/q;+3. The van der Waals surface area contributed by atoms with E-state index in [0.29, 0.717) is 0 Å². The molecule has 0 aliphatic carbocycles. The first kappa shape index (κ1) is 9.66. The minimum Gasteiger partial charge on any atom is -0.218 e. The quantitative estimate of drug-likeness (QED) is 0.265. The molecule has 0 aliphatic rings. The topological polar surface area (TPSA) is 81.8 Å². The maximum absolute atomic E-state index is 8.89. The molecule has 39 valence electrons. The van der Waals surface area contributed by atoms with E-state index in [1.165, 1.54) is 5.34 Å². The summed E-state index contributed by atoms with van der Waals surface area (Å²) in [6.45, 7) is 0. The third-order valence-electron chi connectivity index (χ3n) is 0.100. The van der Waals surface area contributed by atoms with Gasteiger partial charge in [0.25, 0.3) is 0 Å². The molecule has 0 aromatic heterocycles. The maximum Gasteiger partial charge on any atom is 3.00 e. The van der Waals surface area contributed by atoms with Crippen molar-refractivity contribution in [3.63, 3.8) is 0 Å². The van der Waals surface area contributed by atoms with E-state index in [0.717, 1.165) is 0 Å². The third-order valence-corrected chi connectivity index (χ3v) is 0.100. The van der Waals surface area contributed by atoms with Crippen molar-refractivity contribution in [2.45, 2.75) is 0 Å². The summed E-state index contributed by atoms with van der Waals surface area (Å²) < 4.78 is 0. The Morgan fingerprint density at radius 3 is 2.14 bits per heavy atom. The molecule has 7 heteroatoms. The second-order valence-electron chi connectivity index (χ2n) is 0.380. The number of rotatable bonds is 2. The van der Waals surface area contributed by atoms with Crippen LogP contribution in [0.2, 0.25) is 0 Å². The predicted octanol–water partition coefficient (Wildman–Crippen LogP) is -0.126. The van der Waals surface area contributed by atoms with Crippen molar-refractivity contribution >= 4 is 0 Å². The van der Waals surface area contributed by atoms with Crippen LogP contribution < -0.4 is 0 Å². The van der Waals surface area contributed by atoms with Crippen LogP contribution in [0.3, 0.4) is 0 Å². The van der Waals surface area contributed by atoms with E-state index in [4.69, 9.17) is 15.0 Å². The van der Waals surface area contributed by atoms with Gasteiger partial charge in [0.1, 0.15) is 0 Å². The Morgan fingerprint density at radius 2 is 2.14 bits per heavy atom. The molecule has 0 N–H and O–H groups in total. The average molecular weight is 193 g/mol. The van der Waals surface area contributed by atoms with Crippen molar-refractivity contribution in [1.82, 2.24) is 0 Å². The zero-order chi connectivity index (χ0) is 4.99. The summed E-state index contributed by atoms with van der Waals surface area (Å²) in [5, 5.41) is 9.08. The molecule has 0 saturated heterocycles. The molecular weight excluding hydrogens is 193 g/mol. The predicted molar refractivity (Wildman–Crippen MR) is 13.9 cm³/mol. The first-order valence-corrected chi connectivity index (χ1v) is 0.913. The number of hydrogen-bond acceptors (Lipinski definition) is 5. The molecular formula is N2O4Ru+3. The molecule has 0 heterocycles. The van der Waals surface area contributed by atoms with Crippen molar-refractivity contribution in [3.05, 3.63) is 15.0 Å². The average Bonchev–Trinajstić information content (AvgIpc) is 1.35. The summed E-state index contributed by atoms with van der Waals surface area (Å²) in [7, 11) is 0. The van der Waals surface area contributed by atoms with Crippen LogP contribution in [0.1, 0.15) is 0 Å². The Kier molecular flexibility index (Phi) is 7.48. The van der Waals surface area contributed by atoms with Crippen LogP contribution in [0.25, 0.3) is 0 Å². The van der Waals surface area contributed by atoms with Crippen LogP contribution in [0, 0.1) is 15.0 Å². The van der Waals surface area contributed by atoms with Gasteiger partial charge in [-0.05, 0) is 0 Å². The van der Waals surface area contributed by atoms with E-state index in [1.54, 1.807) is 0 Å². The molecule has 0 unspecified atom stereocenters. The van der Waals surface area contributed by atoms with Gasteiger partial charge in [-0.15, -0.1) is 4.94 Å². The van der Waals surface area contributed by atoms with Crippen LogP contribution in [-0.4, -0.2) is 5.09 Å². The molecule has 0 aromatic carbocycles. The van der Waals surface area contributed by atoms with Crippen molar-refractivity contribution in [2.24, 2.45) is 5.34 Å². The van der Waals surface area contributed by atoms with Crippen LogP contribution in [0.4, 0.5) is 0 Å². The smallest absolute Gasteiger partial charge is 0.218 e. The fourth-order valence-corrected chi connectivity index (χ4v) is 0.0272. The SMILES string of the molecule is O=NO[N+](=O)[O-].[Ru+3]. The van der Waals surface area contributed by atoms with Crippen molar-refractivity contribution in [1.29, 1.82) is 0 Å². The second kappa shape index (κ2) is 5.42. The zero-order valence-electron chi connectivity index (χ0n) is 2.88. The summed E-state index contributed by atoms with van der Waals surface area (Å²) in [5.41, 5.74) is 0. The largest absolute Gasteiger partial charge is 3.00 e. The minimum absolute atomic E-state index is 0. The summed E-state index contributed by atoms with van der Waals surface area (Å²) in [5.74, 6) is 0. The van der Waals surface area contributed by atoms with Gasteiger partial charge in [0.2, 0.25) is 0 Å². The van der Waals surface area contributed by atoms with Crippen LogP contribution in [0.15, 0.2) is 5.34 Å². The Morgan fingerprint density at radius 1 is 1.71 bits per heavy atom. The van der Waals surface area contributed by atoms with Gasteiger partial charge in [-0.25, -0.2) is 10.1 Å². The molecule has 6 nitrogen and oxygen atoms in total. The summed E-state index contributed by atoms with van der Waals surface area (Å²) in [6.07, 6.45) is 0. The Bertz CT molecular complexity index is 70.1. The van der Waals surface area contributed by atoms with Crippen LogP contribution >= 0.6 is 0 Å². The summed E-state index contributed by atoms with van der Waals surface area (Å²) in [4.78, 5) is 20.4. The van der Waals surface area contributed by atoms with Gasteiger partial charge in [0.15, 0.2) is 5.09 Å². The fourth-order valence-electron chi connectivity index (χ4n) is 0.0272. The van der Waals surface area contributed by atoms with Gasteiger partial charge >= 0.3 is 24.8 Å². The van der Waals surface area contributed by atoms with E-state index >= 15 is 0 Å². The van der Waals surface area contributed by atoms with Crippen LogP contribution in [0.5, 0.6) is 0 Å². The van der Waals surface area contributed by atoms with Gasteiger partial charge in [-0.1, -0.05) is 0 Å². The minimum atomic E-state index is -1.30. The molecule has 0 amide bonds. The monoisotopic (exact) mass is 194 g/mol. The molecule has 0 fully saturated rings. The van der Waals surface area contributed by atoms with E-state index < -0.39 is 5.09 Å². The van der Waals surface area contributed by atoms with Gasteiger partial charge in [-0.2, -0.15) is 0 Å². The van der Waals surface area contributed by atoms with Gasteiger partial charge in [0.05, 0.1) is 0 Å². The molecule has 1 radical (unpaired) electrons. The first-order valence-electron chi connectivity index (χ1n) is 0.913. The maximum atomic E-state index is 8.89. The van der Waals surface area contributed by atoms with E-state index in [9.17, 15) is 0 Å². The Labute approximate surface area is 50.6 Å². The molecule has 7 heavy (non-hydrogen) atoms. The molecule has 0 rings (SSSR count). The molecule has 0 atom stereocenters. The Balaban J connectivity index is 0. The summed E-state index contributed by atoms with van der Waals surface area (Å²) in [6, 6.07) is 0. The summed E-state index contributed by atoms with van der Waals surface area (Å²) >= 11 is 0. The van der Waals surface area contributed by atoms with Crippen molar-refractivity contribution in [2.75, 3.05) is 0 Å². The van der Waals surface area contributed by atoms with Gasteiger partial charge in [0, 0.05) is 4.91 Å². The third kappa shape index (κ3) is 10.8. The normalized spacial score (nSPS) is 5.71. The van der Waals surface area contributed by atoms with E-state index in [2.05, 4.69) is 4.94 Å². The van der Waals surface area contributed by atoms with Gasteiger partial charge in [-0.3, -0.25) is 0 Å². The van der Waals surface area contributed by atoms with Crippen molar-refractivity contribution < 1.29 is 29.5 Å². The first-order chi connectivity index (χ1) is 2.77. The van der Waals surface area contributed by atoms with Crippen LogP contribution in [-0.2, 0) is 24.4 Å². The second-order valence-corrected chi connectivity index (χ2v) is 0.380. The molecule has 0 bridgehead atoms. The fraction of sp³-hybridized carbons (Fsp3) is 0.